The van der Waals surface area contributed by atoms with Crippen molar-refractivity contribution in [2.75, 3.05) is 27.3 Å². The summed E-state index contributed by atoms with van der Waals surface area (Å²) in [5.41, 5.74) is 1.64. The average molecular weight is 290 g/mol. The van der Waals surface area contributed by atoms with Crippen LogP contribution < -0.4 is 5.32 Å². The second-order valence-electron chi connectivity index (χ2n) is 5.61. The molecule has 1 aromatic rings. The van der Waals surface area contributed by atoms with Crippen LogP contribution in [-0.4, -0.2) is 44.0 Å². The largest absolute Gasteiger partial charge is 0.381 e. The first-order valence-corrected chi connectivity index (χ1v) is 7.21. The Labute approximate surface area is 125 Å². The van der Waals surface area contributed by atoms with Gasteiger partial charge in [-0.1, -0.05) is 12.1 Å². The van der Waals surface area contributed by atoms with Crippen LogP contribution in [0, 0.1) is 5.92 Å². The highest BCUT2D eigenvalue weighted by atomic mass is 16.5. The number of benzene rings is 1. The van der Waals surface area contributed by atoms with Gasteiger partial charge in [-0.3, -0.25) is 9.59 Å². The zero-order valence-electron chi connectivity index (χ0n) is 12.6. The highest BCUT2D eigenvalue weighted by Gasteiger charge is 2.18. The number of hydrogen-bond acceptors (Lipinski definition) is 3. The van der Waals surface area contributed by atoms with Crippen LogP contribution >= 0.6 is 0 Å². The number of nitrogens with zero attached hydrogens (tertiary/aromatic N) is 1. The zero-order chi connectivity index (χ0) is 15.2. The number of ether oxygens (including phenoxy) is 1. The van der Waals surface area contributed by atoms with E-state index >= 15 is 0 Å². The fraction of sp³-hybridized carbons (Fsp3) is 0.500. The molecule has 0 aromatic heterocycles. The standard InChI is InChI=1S/C16H22N2O3/c1-18(2)16(20)14-5-3-12(4-6-14)10-17-15(19)9-13-7-8-21-11-13/h3-6,13H,7-11H2,1-2H3,(H,17,19)/t13-/m0/s1. The molecule has 1 atom stereocenters. The third-order valence-corrected chi connectivity index (χ3v) is 3.59. The molecule has 0 unspecified atom stereocenters. The van der Waals surface area contributed by atoms with Crippen molar-refractivity contribution < 1.29 is 14.3 Å². The molecule has 0 bridgehead atoms. The van der Waals surface area contributed by atoms with Crippen LogP contribution in [-0.2, 0) is 16.1 Å². The van der Waals surface area contributed by atoms with Gasteiger partial charge < -0.3 is 15.0 Å². The molecule has 2 rings (SSSR count). The molecule has 1 aliphatic heterocycles. The lowest BCUT2D eigenvalue weighted by atomic mass is 10.0. The Balaban J connectivity index is 1.80. The van der Waals surface area contributed by atoms with E-state index in [9.17, 15) is 9.59 Å². The van der Waals surface area contributed by atoms with E-state index in [-0.39, 0.29) is 11.8 Å². The number of carbonyl (C=O) groups excluding carboxylic acids is 2. The van der Waals surface area contributed by atoms with Crippen molar-refractivity contribution in [2.24, 2.45) is 5.92 Å². The van der Waals surface area contributed by atoms with Crippen molar-refractivity contribution in [3.05, 3.63) is 35.4 Å². The Bertz CT molecular complexity index is 491. The molecular weight excluding hydrogens is 268 g/mol. The summed E-state index contributed by atoms with van der Waals surface area (Å²) >= 11 is 0. The van der Waals surface area contributed by atoms with E-state index < -0.39 is 0 Å². The lowest BCUT2D eigenvalue weighted by molar-refractivity contribution is -0.122. The van der Waals surface area contributed by atoms with E-state index in [1.165, 1.54) is 0 Å². The quantitative estimate of drug-likeness (QED) is 0.892. The summed E-state index contributed by atoms with van der Waals surface area (Å²) in [5, 5.41) is 2.91. The fourth-order valence-corrected chi connectivity index (χ4v) is 2.30. The van der Waals surface area contributed by atoms with E-state index in [2.05, 4.69) is 5.32 Å². The lowest BCUT2D eigenvalue weighted by Crippen LogP contribution is -2.25. The number of carbonyl (C=O) groups is 2. The molecule has 0 radical (unpaired) electrons. The van der Waals surface area contributed by atoms with Crippen LogP contribution in [0.4, 0.5) is 0 Å². The van der Waals surface area contributed by atoms with Crippen LogP contribution in [0.5, 0.6) is 0 Å². The molecule has 1 saturated heterocycles. The maximum atomic E-state index is 11.8. The third-order valence-electron chi connectivity index (χ3n) is 3.59. The van der Waals surface area contributed by atoms with Crippen molar-refractivity contribution in [3.63, 3.8) is 0 Å². The number of nitrogens with one attached hydrogen (secondary N) is 1. The molecule has 0 saturated carbocycles. The van der Waals surface area contributed by atoms with Crippen LogP contribution in [0.2, 0.25) is 0 Å². The van der Waals surface area contributed by atoms with Crippen LogP contribution in [0.1, 0.15) is 28.8 Å². The van der Waals surface area contributed by atoms with Crippen molar-refractivity contribution in [1.29, 1.82) is 0 Å². The molecule has 1 heterocycles. The average Bonchev–Trinajstić information content (AvgIpc) is 2.97. The normalized spacial score (nSPS) is 17.5. The zero-order valence-corrected chi connectivity index (χ0v) is 12.6. The Morgan fingerprint density at radius 1 is 1.29 bits per heavy atom. The van der Waals surface area contributed by atoms with Crippen LogP contribution in [0.15, 0.2) is 24.3 Å². The highest BCUT2D eigenvalue weighted by Crippen LogP contribution is 2.16. The molecule has 2 amide bonds. The van der Waals surface area contributed by atoms with Crippen molar-refractivity contribution >= 4 is 11.8 Å². The maximum absolute atomic E-state index is 11.8. The third kappa shape index (κ3) is 4.56. The van der Waals surface area contributed by atoms with E-state index in [1.807, 2.05) is 12.1 Å². The van der Waals surface area contributed by atoms with E-state index in [0.29, 0.717) is 31.1 Å². The second-order valence-corrected chi connectivity index (χ2v) is 5.61. The predicted octanol–water partition coefficient (Wildman–Crippen LogP) is 1.43. The minimum Gasteiger partial charge on any atom is -0.381 e. The molecule has 114 valence electrons. The number of amides is 2. The Morgan fingerprint density at radius 2 is 2.00 bits per heavy atom. The number of rotatable bonds is 5. The lowest BCUT2D eigenvalue weighted by Gasteiger charge is -2.11. The van der Waals surface area contributed by atoms with Gasteiger partial charge in [0, 0.05) is 45.8 Å². The fourth-order valence-electron chi connectivity index (χ4n) is 2.30. The van der Waals surface area contributed by atoms with Crippen molar-refractivity contribution in [3.8, 4) is 0 Å². The van der Waals surface area contributed by atoms with Gasteiger partial charge in [-0.2, -0.15) is 0 Å². The highest BCUT2D eigenvalue weighted by molar-refractivity contribution is 5.93. The first-order valence-electron chi connectivity index (χ1n) is 7.21. The molecule has 0 spiro atoms. The summed E-state index contributed by atoms with van der Waals surface area (Å²) in [5.74, 6) is 0.385. The van der Waals surface area contributed by atoms with Gasteiger partial charge in [0.05, 0.1) is 0 Å². The van der Waals surface area contributed by atoms with Gasteiger partial charge in [0.1, 0.15) is 0 Å². The van der Waals surface area contributed by atoms with Gasteiger partial charge in [0.15, 0.2) is 0 Å². The predicted molar refractivity (Wildman–Crippen MR) is 79.8 cm³/mol. The second kappa shape index (κ2) is 7.22. The van der Waals surface area contributed by atoms with E-state index in [4.69, 9.17) is 4.74 Å². The minimum absolute atomic E-state index is 0.0215. The van der Waals surface area contributed by atoms with Gasteiger partial charge in [0.2, 0.25) is 5.91 Å². The SMILES string of the molecule is CN(C)C(=O)c1ccc(CNC(=O)C[C@@H]2CCOC2)cc1. The molecular formula is C16H22N2O3. The summed E-state index contributed by atoms with van der Waals surface area (Å²) < 4.78 is 5.26. The van der Waals surface area contributed by atoms with Gasteiger partial charge >= 0.3 is 0 Å². The Morgan fingerprint density at radius 3 is 2.57 bits per heavy atom. The number of hydrogen-bond donors (Lipinski definition) is 1. The first kappa shape index (κ1) is 15.5. The molecule has 21 heavy (non-hydrogen) atoms. The molecule has 5 heteroatoms. The van der Waals surface area contributed by atoms with Crippen LogP contribution in [0.3, 0.4) is 0 Å². The maximum Gasteiger partial charge on any atom is 0.253 e. The first-order chi connectivity index (χ1) is 10.1. The molecule has 1 aliphatic rings. The van der Waals surface area contributed by atoms with Crippen molar-refractivity contribution in [2.45, 2.75) is 19.4 Å². The summed E-state index contributed by atoms with van der Waals surface area (Å²) in [7, 11) is 3.45. The van der Waals surface area contributed by atoms with Gasteiger partial charge in [-0.25, -0.2) is 0 Å². The van der Waals surface area contributed by atoms with Crippen molar-refractivity contribution in [1.82, 2.24) is 10.2 Å². The van der Waals surface area contributed by atoms with Crippen LogP contribution in [0.25, 0.3) is 0 Å². The summed E-state index contributed by atoms with van der Waals surface area (Å²) in [4.78, 5) is 25.1. The van der Waals surface area contributed by atoms with Gasteiger partial charge in [0.25, 0.3) is 5.91 Å². The smallest absolute Gasteiger partial charge is 0.253 e. The topological polar surface area (TPSA) is 58.6 Å². The summed E-state index contributed by atoms with van der Waals surface area (Å²) in [6, 6.07) is 7.31. The molecule has 1 fully saturated rings. The Kier molecular flexibility index (Phi) is 5.33. The van der Waals surface area contributed by atoms with Gasteiger partial charge in [-0.15, -0.1) is 0 Å². The Hall–Kier alpha value is -1.88. The van der Waals surface area contributed by atoms with E-state index in [1.54, 1.807) is 31.1 Å². The monoisotopic (exact) mass is 290 g/mol. The summed E-state index contributed by atoms with van der Waals surface area (Å²) in [6.45, 7) is 1.94. The molecule has 1 aromatic carbocycles. The summed E-state index contributed by atoms with van der Waals surface area (Å²) in [6.07, 6.45) is 1.49. The molecule has 5 nitrogen and oxygen atoms in total. The molecule has 0 aliphatic carbocycles. The minimum atomic E-state index is -0.0215. The van der Waals surface area contributed by atoms with E-state index in [0.717, 1.165) is 18.6 Å². The van der Waals surface area contributed by atoms with Gasteiger partial charge in [-0.05, 0) is 30.0 Å². The molecule has 1 N–H and O–H groups in total.